The third-order valence-electron chi connectivity index (χ3n) is 3.19. The number of hydrogen-bond donors (Lipinski definition) is 3. The molecule has 1 aromatic rings. The number of aliphatic hydroxyl groups excluding tert-OH is 1. The largest absolute Gasteiger partial charge is 0.481 e. The van der Waals surface area contributed by atoms with Gasteiger partial charge in [0.25, 0.3) is 0 Å². The van der Waals surface area contributed by atoms with Crippen molar-refractivity contribution in [3.63, 3.8) is 0 Å². The highest BCUT2D eigenvalue weighted by Gasteiger charge is 2.20. The predicted molar refractivity (Wildman–Crippen MR) is 75.3 cm³/mol. The number of carboxylic acid groups (broad SMARTS) is 1. The lowest BCUT2D eigenvalue weighted by molar-refractivity contribution is -0.139. The Balaban J connectivity index is 2.46. The SMILES string of the molecule is Cc1ccc(C(C)(C)CNCC(O)CC(=O)O)cc1. The first-order chi connectivity index (χ1) is 8.81. The molecular weight excluding hydrogens is 242 g/mol. The predicted octanol–water partition coefficient (Wildman–Crippen LogP) is 1.70. The van der Waals surface area contributed by atoms with Crippen molar-refractivity contribution in [3.8, 4) is 0 Å². The zero-order valence-electron chi connectivity index (χ0n) is 11.8. The van der Waals surface area contributed by atoms with E-state index in [1.807, 2.05) is 0 Å². The van der Waals surface area contributed by atoms with Crippen molar-refractivity contribution >= 4 is 5.97 Å². The van der Waals surface area contributed by atoms with Crippen molar-refractivity contribution in [2.75, 3.05) is 13.1 Å². The summed E-state index contributed by atoms with van der Waals surface area (Å²) >= 11 is 0. The van der Waals surface area contributed by atoms with Crippen LogP contribution in [0.2, 0.25) is 0 Å². The molecular formula is C15H23NO3. The number of aliphatic carboxylic acids is 1. The summed E-state index contributed by atoms with van der Waals surface area (Å²) in [5.74, 6) is -0.980. The maximum Gasteiger partial charge on any atom is 0.306 e. The number of nitrogens with one attached hydrogen (secondary N) is 1. The summed E-state index contributed by atoms with van der Waals surface area (Å²) in [7, 11) is 0. The van der Waals surface area contributed by atoms with E-state index in [9.17, 15) is 9.90 Å². The minimum absolute atomic E-state index is 0.0589. The van der Waals surface area contributed by atoms with Crippen LogP contribution in [0.15, 0.2) is 24.3 Å². The lowest BCUT2D eigenvalue weighted by atomic mass is 9.84. The number of carbonyl (C=O) groups is 1. The lowest BCUT2D eigenvalue weighted by Crippen LogP contribution is -2.37. The first-order valence-corrected chi connectivity index (χ1v) is 6.49. The van der Waals surface area contributed by atoms with Crippen LogP contribution in [0.4, 0.5) is 0 Å². The van der Waals surface area contributed by atoms with Crippen molar-refractivity contribution < 1.29 is 15.0 Å². The second kappa shape index (κ2) is 6.68. The Kier molecular flexibility index (Phi) is 5.51. The molecule has 1 aromatic carbocycles. The van der Waals surface area contributed by atoms with Gasteiger partial charge in [0.2, 0.25) is 0 Å². The number of aryl methyl sites for hydroxylation is 1. The zero-order valence-corrected chi connectivity index (χ0v) is 11.8. The van der Waals surface area contributed by atoms with E-state index in [2.05, 4.69) is 50.4 Å². The number of rotatable bonds is 7. The molecule has 0 radical (unpaired) electrons. The summed E-state index contributed by atoms with van der Waals surface area (Å²) < 4.78 is 0. The molecule has 0 heterocycles. The number of aliphatic hydroxyl groups is 1. The molecule has 0 saturated heterocycles. The molecule has 4 heteroatoms. The molecule has 0 spiro atoms. The molecule has 1 unspecified atom stereocenters. The molecule has 0 fully saturated rings. The molecule has 0 aromatic heterocycles. The fraction of sp³-hybridized carbons (Fsp3) is 0.533. The lowest BCUT2D eigenvalue weighted by Gasteiger charge is -2.26. The van der Waals surface area contributed by atoms with Crippen LogP contribution in [0.1, 0.15) is 31.4 Å². The van der Waals surface area contributed by atoms with Gasteiger partial charge in [0.1, 0.15) is 0 Å². The van der Waals surface area contributed by atoms with E-state index in [-0.39, 0.29) is 11.8 Å². The van der Waals surface area contributed by atoms with E-state index >= 15 is 0 Å². The van der Waals surface area contributed by atoms with E-state index in [1.54, 1.807) is 0 Å². The molecule has 0 saturated carbocycles. The third kappa shape index (κ3) is 5.41. The highest BCUT2D eigenvalue weighted by atomic mass is 16.4. The van der Waals surface area contributed by atoms with Crippen molar-refractivity contribution in [2.45, 2.75) is 38.7 Å². The molecule has 1 rings (SSSR count). The van der Waals surface area contributed by atoms with Crippen LogP contribution in [0.3, 0.4) is 0 Å². The van der Waals surface area contributed by atoms with Crippen LogP contribution in [0, 0.1) is 6.92 Å². The van der Waals surface area contributed by atoms with Gasteiger partial charge in [-0.3, -0.25) is 4.79 Å². The Morgan fingerprint density at radius 2 is 1.89 bits per heavy atom. The van der Waals surface area contributed by atoms with Gasteiger partial charge < -0.3 is 15.5 Å². The van der Waals surface area contributed by atoms with Crippen molar-refractivity contribution in [1.82, 2.24) is 5.32 Å². The zero-order chi connectivity index (χ0) is 14.5. The van der Waals surface area contributed by atoms with Gasteiger partial charge in [0, 0.05) is 18.5 Å². The van der Waals surface area contributed by atoms with Crippen molar-refractivity contribution in [3.05, 3.63) is 35.4 Å². The second-order valence-corrected chi connectivity index (χ2v) is 5.63. The van der Waals surface area contributed by atoms with Gasteiger partial charge in [0.05, 0.1) is 12.5 Å². The fourth-order valence-corrected chi connectivity index (χ4v) is 1.93. The quantitative estimate of drug-likeness (QED) is 0.702. The second-order valence-electron chi connectivity index (χ2n) is 5.63. The first kappa shape index (κ1) is 15.7. The fourth-order valence-electron chi connectivity index (χ4n) is 1.93. The van der Waals surface area contributed by atoms with Gasteiger partial charge >= 0.3 is 5.97 Å². The van der Waals surface area contributed by atoms with E-state index in [4.69, 9.17) is 5.11 Å². The molecule has 4 nitrogen and oxygen atoms in total. The van der Waals surface area contributed by atoms with Gasteiger partial charge in [-0.15, -0.1) is 0 Å². The summed E-state index contributed by atoms with van der Waals surface area (Å²) in [6.45, 7) is 7.27. The number of hydrogen-bond acceptors (Lipinski definition) is 3. The van der Waals surface area contributed by atoms with Crippen LogP contribution in [-0.4, -0.2) is 35.4 Å². The topological polar surface area (TPSA) is 69.6 Å². The summed E-state index contributed by atoms with van der Waals surface area (Å²) in [5.41, 5.74) is 2.39. The standard InChI is InChI=1S/C15H23NO3/c1-11-4-6-12(7-5-11)15(2,3)10-16-9-13(17)8-14(18)19/h4-7,13,16-17H,8-10H2,1-3H3,(H,18,19). The van der Waals surface area contributed by atoms with Crippen LogP contribution < -0.4 is 5.32 Å². The average molecular weight is 265 g/mol. The molecule has 0 bridgehead atoms. The molecule has 106 valence electrons. The number of carboxylic acids is 1. The van der Waals surface area contributed by atoms with Crippen LogP contribution in [-0.2, 0) is 10.2 Å². The monoisotopic (exact) mass is 265 g/mol. The molecule has 0 amide bonds. The smallest absolute Gasteiger partial charge is 0.306 e. The van der Waals surface area contributed by atoms with Gasteiger partial charge in [-0.25, -0.2) is 0 Å². The van der Waals surface area contributed by atoms with Crippen molar-refractivity contribution in [1.29, 1.82) is 0 Å². The summed E-state index contributed by atoms with van der Waals surface area (Å²) in [4.78, 5) is 10.4. The van der Waals surface area contributed by atoms with Gasteiger partial charge in [-0.05, 0) is 12.5 Å². The molecule has 19 heavy (non-hydrogen) atoms. The van der Waals surface area contributed by atoms with E-state index < -0.39 is 12.1 Å². The molecule has 1 atom stereocenters. The highest BCUT2D eigenvalue weighted by Crippen LogP contribution is 2.22. The summed E-state index contributed by atoms with van der Waals surface area (Å²) in [6.07, 6.45) is -1.07. The Labute approximate surface area is 114 Å². The first-order valence-electron chi connectivity index (χ1n) is 6.49. The Bertz CT molecular complexity index is 412. The molecule has 0 aliphatic rings. The van der Waals surface area contributed by atoms with Crippen LogP contribution in [0.25, 0.3) is 0 Å². The Hall–Kier alpha value is -1.39. The van der Waals surface area contributed by atoms with E-state index in [0.717, 1.165) is 0 Å². The summed E-state index contributed by atoms with van der Waals surface area (Å²) in [6, 6.07) is 8.36. The average Bonchev–Trinajstić information content (AvgIpc) is 2.28. The maximum absolute atomic E-state index is 10.4. The third-order valence-corrected chi connectivity index (χ3v) is 3.19. The Morgan fingerprint density at radius 3 is 2.42 bits per heavy atom. The van der Waals surface area contributed by atoms with Gasteiger partial charge in [-0.1, -0.05) is 43.7 Å². The Morgan fingerprint density at radius 1 is 1.32 bits per heavy atom. The van der Waals surface area contributed by atoms with Crippen molar-refractivity contribution in [2.24, 2.45) is 0 Å². The number of benzene rings is 1. The normalized spacial score (nSPS) is 13.3. The molecule has 0 aliphatic heterocycles. The van der Waals surface area contributed by atoms with E-state index in [0.29, 0.717) is 13.1 Å². The molecule has 3 N–H and O–H groups in total. The van der Waals surface area contributed by atoms with Gasteiger partial charge in [0.15, 0.2) is 0 Å². The van der Waals surface area contributed by atoms with E-state index in [1.165, 1.54) is 11.1 Å². The minimum atomic E-state index is -0.980. The maximum atomic E-state index is 10.4. The molecule has 0 aliphatic carbocycles. The summed E-state index contributed by atoms with van der Waals surface area (Å²) in [5, 5.41) is 21.2. The minimum Gasteiger partial charge on any atom is -0.481 e. The van der Waals surface area contributed by atoms with Gasteiger partial charge in [-0.2, -0.15) is 0 Å². The van der Waals surface area contributed by atoms with Crippen LogP contribution >= 0.6 is 0 Å². The highest BCUT2D eigenvalue weighted by molar-refractivity contribution is 5.67. The van der Waals surface area contributed by atoms with Crippen LogP contribution in [0.5, 0.6) is 0 Å².